The molecule has 0 bridgehead atoms. The van der Waals surface area contributed by atoms with E-state index in [1.54, 1.807) is 32.2 Å². The van der Waals surface area contributed by atoms with Gasteiger partial charge in [0, 0.05) is 49.2 Å². The molecule has 3 aliphatic rings. The van der Waals surface area contributed by atoms with Crippen molar-refractivity contribution in [2.45, 2.75) is 84.7 Å². The fraction of sp³-hybridized carbons (Fsp3) is 0.613. The molecule has 1 N–H and O–H groups in total. The number of hydrogen-bond donors (Lipinski definition) is 1. The van der Waals surface area contributed by atoms with Crippen LogP contribution in [0.1, 0.15) is 72.5 Å². The summed E-state index contributed by atoms with van der Waals surface area (Å²) in [4.78, 5) is 42.2. The molecule has 3 heterocycles. The third-order valence-corrected chi connectivity index (χ3v) is 11.2. The number of pyridine rings is 1. The van der Waals surface area contributed by atoms with Gasteiger partial charge in [0.25, 0.3) is 10.1 Å². The second kappa shape index (κ2) is 11.3. The van der Waals surface area contributed by atoms with Crippen LogP contribution in [0.25, 0.3) is 11.3 Å². The topological polar surface area (TPSA) is 169 Å². The summed E-state index contributed by atoms with van der Waals surface area (Å²) in [6.45, 7) is 9.21. The largest absolute Gasteiger partial charge is 0.482 e. The molecule has 2 aromatic rings. The lowest BCUT2D eigenvalue weighted by molar-refractivity contribution is -0.269. The lowest BCUT2D eigenvalue weighted by Gasteiger charge is -2.66. The first kappa shape index (κ1) is 32.1. The first-order valence-corrected chi connectivity index (χ1v) is 16.3. The monoisotopic (exact) mass is 633 g/mol. The lowest BCUT2D eigenvalue weighted by atomic mass is 9.42. The number of carbonyl (C=O) groups excluding carboxylic acids is 2. The lowest BCUT2D eigenvalue weighted by Crippen LogP contribution is -2.71. The van der Waals surface area contributed by atoms with Crippen molar-refractivity contribution in [3.8, 4) is 17.1 Å². The fourth-order valence-electron chi connectivity index (χ4n) is 8.08. The predicted octanol–water partition coefficient (Wildman–Crippen LogP) is 3.56. The van der Waals surface area contributed by atoms with Crippen molar-refractivity contribution in [1.29, 1.82) is 0 Å². The summed E-state index contributed by atoms with van der Waals surface area (Å²) in [5, 5.41) is 12.1. The second-order valence-corrected chi connectivity index (χ2v) is 14.7. The molecule has 12 nitrogen and oxygen atoms in total. The number of ether oxygens (including phenoxy) is 3. The van der Waals surface area contributed by atoms with Gasteiger partial charge in [-0.2, -0.15) is 8.42 Å². The molecular weight excluding hydrogens is 594 g/mol. The van der Waals surface area contributed by atoms with Crippen LogP contribution >= 0.6 is 0 Å². The molecule has 8 atom stereocenters. The maximum atomic E-state index is 13.5. The molecule has 5 rings (SSSR count). The van der Waals surface area contributed by atoms with Crippen LogP contribution in [-0.2, 0) is 33.4 Å². The molecule has 0 spiro atoms. The average molecular weight is 634 g/mol. The van der Waals surface area contributed by atoms with E-state index in [0.29, 0.717) is 18.4 Å². The Kier molecular flexibility index (Phi) is 8.21. The van der Waals surface area contributed by atoms with Crippen molar-refractivity contribution in [3.63, 3.8) is 0 Å². The highest BCUT2D eigenvalue weighted by molar-refractivity contribution is 7.86. The van der Waals surface area contributed by atoms with Gasteiger partial charge in [0.2, 0.25) is 0 Å². The Hall–Kier alpha value is -3.29. The molecule has 0 amide bonds. The maximum absolute atomic E-state index is 13.5. The molecule has 0 radical (unpaired) electrons. The van der Waals surface area contributed by atoms with Gasteiger partial charge in [-0.3, -0.25) is 18.8 Å². The summed E-state index contributed by atoms with van der Waals surface area (Å²) in [5.74, 6) is -2.38. The average Bonchev–Trinajstić information content (AvgIpc) is 2.94. The minimum atomic E-state index is -3.88. The molecule has 240 valence electrons. The quantitative estimate of drug-likeness (QED) is 0.348. The number of fused-ring (bicyclic) bond motifs is 4. The highest BCUT2D eigenvalue weighted by Gasteiger charge is 2.70. The zero-order valence-corrected chi connectivity index (χ0v) is 26.5. The van der Waals surface area contributed by atoms with E-state index in [1.807, 2.05) is 6.92 Å². The van der Waals surface area contributed by atoms with Crippen LogP contribution in [0.3, 0.4) is 0 Å². The van der Waals surface area contributed by atoms with Crippen LogP contribution in [0.4, 0.5) is 0 Å². The molecule has 2 fully saturated rings. The molecule has 0 unspecified atom stereocenters. The van der Waals surface area contributed by atoms with E-state index >= 15 is 0 Å². The highest BCUT2D eigenvalue weighted by atomic mass is 32.2. The van der Waals surface area contributed by atoms with Crippen molar-refractivity contribution in [2.75, 3.05) is 12.4 Å². The van der Waals surface area contributed by atoms with Crippen molar-refractivity contribution >= 4 is 22.1 Å². The summed E-state index contributed by atoms with van der Waals surface area (Å²) in [5.41, 5.74) is -3.53. The Balaban J connectivity index is 1.66. The van der Waals surface area contributed by atoms with Gasteiger partial charge in [0.15, 0.2) is 0 Å². The first-order chi connectivity index (χ1) is 20.6. The van der Waals surface area contributed by atoms with E-state index in [4.69, 9.17) is 22.8 Å². The van der Waals surface area contributed by atoms with Crippen LogP contribution in [0.2, 0.25) is 0 Å². The number of hydrogen-bond acceptors (Lipinski definition) is 12. The molecule has 2 aromatic heterocycles. The Morgan fingerprint density at radius 1 is 1.14 bits per heavy atom. The number of rotatable bonds is 7. The zero-order chi connectivity index (χ0) is 32.2. The minimum absolute atomic E-state index is 0.0582. The van der Waals surface area contributed by atoms with Crippen molar-refractivity contribution < 1.29 is 45.9 Å². The maximum Gasteiger partial charge on any atom is 0.345 e. The summed E-state index contributed by atoms with van der Waals surface area (Å²) < 4.78 is 54.3. The van der Waals surface area contributed by atoms with Crippen molar-refractivity contribution in [3.05, 3.63) is 46.6 Å². The number of carbonyl (C=O) groups is 2. The van der Waals surface area contributed by atoms with Gasteiger partial charge in [0.1, 0.15) is 34.9 Å². The fourth-order valence-corrected chi connectivity index (χ4v) is 8.68. The standard InChI is InChI=1S/C31H39NO11S/c1-7-44(37,38)39-16-30(5)22-14-24(41-18(3)34)31(6)27(29(22,4)11-10-23(30)40-17(2)33)26(35)25-21(43-31)13-20(42-28(25)36)19-9-8-12-32-15-19/h8-9,12-13,15,22-24,26-27,35H,7,10-11,14,16H2,1-6H3/t22-,23+,24+,26+,27-,29+,30+,31-/m1/s1. The Morgan fingerprint density at radius 3 is 2.43 bits per heavy atom. The zero-order valence-electron chi connectivity index (χ0n) is 25.7. The van der Waals surface area contributed by atoms with E-state index in [9.17, 15) is 27.9 Å². The number of aliphatic hydroxyl groups excluding tert-OH is 1. The second-order valence-electron chi connectivity index (χ2n) is 12.8. The molecule has 2 aliphatic carbocycles. The first-order valence-electron chi connectivity index (χ1n) is 14.7. The van der Waals surface area contributed by atoms with Crippen LogP contribution in [0, 0.1) is 22.7 Å². The Bertz CT molecular complexity index is 1610. The summed E-state index contributed by atoms with van der Waals surface area (Å²) in [7, 11) is -3.88. The van der Waals surface area contributed by atoms with Gasteiger partial charge in [-0.1, -0.05) is 13.8 Å². The summed E-state index contributed by atoms with van der Waals surface area (Å²) in [6.07, 6.45) is 1.000. The summed E-state index contributed by atoms with van der Waals surface area (Å²) >= 11 is 0. The third kappa shape index (κ3) is 5.32. The Morgan fingerprint density at radius 2 is 1.82 bits per heavy atom. The van der Waals surface area contributed by atoms with Gasteiger partial charge in [0.05, 0.1) is 18.5 Å². The van der Waals surface area contributed by atoms with E-state index in [0.717, 1.165) is 0 Å². The molecular formula is C31H39NO11S. The van der Waals surface area contributed by atoms with Crippen LogP contribution in [0.5, 0.6) is 5.75 Å². The van der Waals surface area contributed by atoms with Gasteiger partial charge >= 0.3 is 17.6 Å². The molecule has 44 heavy (non-hydrogen) atoms. The number of esters is 2. The van der Waals surface area contributed by atoms with Crippen LogP contribution in [0.15, 0.2) is 39.8 Å². The van der Waals surface area contributed by atoms with Gasteiger partial charge in [-0.15, -0.1) is 0 Å². The normalized spacial score (nSPS) is 34.5. The van der Waals surface area contributed by atoms with Gasteiger partial charge in [-0.25, -0.2) is 4.79 Å². The summed E-state index contributed by atoms with van der Waals surface area (Å²) in [6, 6.07) is 4.95. The molecule has 1 aliphatic heterocycles. The predicted molar refractivity (Wildman–Crippen MR) is 156 cm³/mol. The van der Waals surface area contributed by atoms with Crippen molar-refractivity contribution in [2.24, 2.45) is 22.7 Å². The van der Waals surface area contributed by atoms with E-state index in [1.165, 1.54) is 33.0 Å². The molecule has 0 saturated heterocycles. The minimum Gasteiger partial charge on any atom is -0.482 e. The van der Waals surface area contributed by atoms with E-state index in [-0.39, 0.29) is 35.9 Å². The SMILES string of the molecule is CCS(=O)(=O)OC[C@@]1(C)[C@@H]2C[C@H](OC(C)=O)[C@@]3(C)Oc4cc(-c5cccnc5)oc(=O)c4[C@H](O)[C@@H]3[C@@]2(C)CC[C@@H]1OC(C)=O. The van der Waals surface area contributed by atoms with E-state index in [2.05, 4.69) is 4.98 Å². The third-order valence-electron chi connectivity index (χ3n) is 10.0. The highest BCUT2D eigenvalue weighted by Crippen LogP contribution is 2.67. The van der Waals surface area contributed by atoms with Gasteiger partial charge < -0.3 is 23.7 Å². The van der Waals surface area contributed by atoms with Crippen molar-refractivity contribution in [1.82, 2.24) is 4.98 Å². The smallest absolute Gasteiger partial charge is 0.345 e. The van der Waals surface area contributed by atoms with E-state index < -0.39 is 74.3 Å². The number of aliphatic hydroxyl groups is 1. The molecule has 2 saturated carbocycles. The molecule has 13 heteroatoms. The molecule has 0 aromatic carbocycles. The van der Waals surface area contributed by atoms with Gasteiger partial charge in [-0.05, 0) is 56.6 Å². The number of aromatic nitrogens is 1. The number of nitrogens with zero attached hydrogens (tertiary/aromatic N) is 1. The van der Waals surface area contributed by atoms with Crippen LogP contribution < -0.4 is 10.4 Å². The van der Waals surface area contributed by atoms with Crippen LogP contribution in [-0.4, -0.2) is 60.6 Å². The Labute approximate surface area is 256 Å².